The van der Waals surface area contributed by atoms with E-state index in [9.17, 15) is 9.90 Å². The second-order valence-electron chi connectivity index (χ2n) is 13.7. The summed E-state index contributed by atoms with van der Waals surface area (Å²) in [7, 11) is 0. The molecule has 2 aromatic carbocycles. The van der Waals surface area contributed by atoms with Crippen molar-refractivity contribution in [3.05, 3.63) is 70.9 Å². The number of carbonyl (C=O) groups excluding carboxylic acids is 1. The fraction of sp³-hybridized carbons (Fsp3) is 0.410. The van der Waals surface area contributed by atoms with Crippen LogP contribution in [0.1, 0.15) is 93.6 Å². The molecule has 8 heteroatoms. The molecule has 0 saturated heterocycles. The van der Waals surface area contributed by atoms with Crippen LogP contribution in [0.3, 0.4) is 0 Å². The third kappa shape index (κ3) is 6.98. The Bertz CT molecular complexity index is 2050. The number of rotatable bonds is 8. The van der Waals surface area contributed by atoms with E-state index in [-0.39, 0.29) is 47.9 Å². The largest absolute Gasteiger partial charge is 0.512 e. The predicted octanol–water partition coefficient (Wildman–Crippen LogP) is 12.2. The third-order valence-electron chi connectivity index (χ3n) is 10.00. The SMILES string of the molecule is CC(C)(C)c1cc(-c2ncnc3oc4ccc5sccc5c4c23)[c-]c2ccsc12.CCC(C)(CC)C(=O)/C=C(\O)C(C)(CC)CC.[Ir]. The number of fused-ring (bicyclic) bond motifs is 6. The van der Waals surface area contributed by atoms with Gasteiger partial charge in [0.05, 0.1) is 0 Å². The summed E-state index contributed by atoms with van der Waals surface area (Å²) in [6.45, 7) is 18.8. The number of aliphatic hydroxyl groups excluding tert-OH is 1. The molecule has 0 spiro atoms. The van der Waals surface area contributed by atoms with Gasteiger partial charge in [0.2, 0.25) is 5.71 Å². The second-order valence-corrected chi connectivity index (χ2v) is 15.6. The van der Waals surface area contributed by atoms with E-state index in [0.717, 1.165) is 58.7 Å². The van der Waals surface area contributed by atoms with Gasteiger partial charge in [-0.1, -0.05) is 73.4 Å². The van der Waals surface area contributed by atoms with Crippen LogP contribution in [0.4, 0.5) is 0 Å². The molecule has 0 bridgehead atoms. The maximum absolute atomic E-state index is 12.2. The zero-order valence-electron chi connectivity index (χ0n) is 28.8. The van der Waals surface area contributed by atoms with Crippen molar-refractivity contribution in [3.63, 3.8) is 0 Å². The summed E-state index contributed by atoms with van der Waals surface area (Å²) in [5, 5.41) is 18.8. The second kappa shape index (κ2) is 14.3. The van der Waals surface area contributed by atoms with E-state index < -0.39 is 0 Å². The summed E-state index contributed by atoms with van der Waals surface area (Å²) in [4.78, 5) is 21.3. The number of carbonyl (C=O) groups is 1. The number of allylic oxidation sites excluding steroid dienone is 2. The molecule has 47 heavy (non-hydrogen) atoms. The first-order chi connectivity index (χ1) is 21.8. The number of hydrogen-bond donors (Lipinski definition) is 1. The average molecular weight is 846 g/mol. The summed E-state index contributed by atoms with van der Waals surface area (Å²) < 4.78 is 8.64. The number of thiophene rings is 2. The van der Waals surface area contributed by atoms with Crippen LogP contribution in [-0.4, -0.2) is 20.9 Å². The molecule has 6 rings (SSSR count). The third-order valence-corrected chi connectivity index (χ3v) is 11.8. The van der Waals surface area contributed by atoms with Crippen LogP contribution >= 0.6 is 22.7 Å². The van der Waals surface area contributed by atoms with Gasteiger partial charge in [-0.05, 0) is 64.8 Å². The van der Waals surface area contributed by atoms with Crippen LogP contribution < -0.4 is 0 Å². The molecule has 4 heterocycles. The van der Waals surface area contributed by atoms with Crippen molar-refractivity contribution in [2.75, 3.05) is 0 Å². The number of nitrogens with zero attached hydrogens (tertiary/aromatic N) is 2. The number of hydrogen-bond acceptors (Lipinski definition) is 7. The van der Waals surface area contributed by atoms with Gasteiger partial charge in [-0.3, -0.25) is 9.78 Å². The molecular formula is C39H45IrN2O3S2-. The standard InChI is InChI=1S/C24H17N2OS2.C15H28O2.Ir/c1-24(2,3)16-11-14(10-13-6-8-29-22(13)16)21-20-19-15-7-9-28-18(15)5-4-17(19)27-23(20)26-12-25-21;1-7-14(5,8-2)12(16)11-13(17)15(6,9-3)10-4;/h4-9,11-12H,1-3H3;11,16H,7-10H2,1-6H3;/q-1;;/b;12-11-;. The van der Waals surface area contributed by atoms with Crippen LogP contribution in [-0.2, 0) is 30.3 Å². The van der Waals surface area contributed by atoms with Gasteiger partial charge >= 0.3 is 0 Å². The molecule has 0 fully saturated rings. The van der Waals surface area contributed by atoms with Crippen molar-refractivity contribution < 1.29 is 34.4 Å². The summed E-state index contributed by atoms with van der Waals surface area (Å²) in [6, 6.07) is 14.3. The van der Waals surface area contributed by atoms with Gasteiger partial charge in [-0.25, -0.2) is 4.98 Å². The Hall–Kier alpha value is -2.90. The van der Waals surface area contributed by atoms with Crippen LogP contribution in [0, 0.1) is 16.9 Å². The molecular weight excluding hydrogens is 801 g/mol. The summed E-state index contributed by atoms with van der Waals surface area (Å²) >= 11 is 3.51. The van der Waals surface area contributed by atoms with E-state index >= 15 is 0 Å². The quantitative estimate of drug-likeness (QED) is 0.0938. The van der Waals surface area contributed by atoms with Crippen molar-refractivity contribution in [1.29, 1.82) is 0 Å². The van der Waals surface area contributed by atoms with Gasteiger partial charge in [0, 0.05) is 63.6 Å². The van der Waals surface area contributed by atoms with Crippen molar-refractivity contribution in [2.45, 2.75) is 93.4 Å². The smallest absolute Gasteiger partial charge is 0.223 e. The number of furan rings is 1. The van der Waals surface area contributed by atoms with Crippen molar-refractivity contribution >= 4 is 70.7 Å². The number of aromatic nitrogens is 2. The number of ketones is 1. The molecule has 5 nitrogen and oxygen atoms in total. The number of aliphatic hydroxyl groups is 1. The fourth-order valence-corrected chi connectivity index (χ4v) is 7.60. The van der Waals surface area contributed by atoms with E-state index in [1.165, 1.54) is 26.4 Å². The normalized spacial score (nSPS) is 12.8. The minimum absolute atomic E-state index is 0. The Morgan fingerprint density at radius 3 is 2.19 bits per heavy atom. The molecule has 1 N–H and O–H groups in total. The molecule has 1 radical (unpaired) electrons. The maximum atomic E-state index is 12.2. The van der Waals surface area contributed by atoms with E-state index in [1.54, 1.807) is 29.0 Å². The van der Waals surface area contributed by atoms with Gasteiger partial charge in [0.25, 0.3) is 0 Å². The van der Waals surface area contributed by atoms with Crippen molar-refractivity contribution in [3.8, 4) is 11.3 Å². The zero-order valence-corrected chi connectivity index (χ0v) is 32.9. The van der Waals surface area contributed by atoms with Crippen molar-refractivity contribution in [2.24, 2.45) is 10.8 Å². The van der Waals surface area contributed by atoms with E-state index in [2.05, 4.69) is 66.8 Å². The molecule has 0 atom stereocenters. The molecule has 0 aliphatic rings. The Balaban J connectivity index is 0.000000242. The monoisotopic (exact) mass is 846 g/mol. The van der Waals surface area contributed by atoms with E-state index in [4.69, 9.17) is 9.40 Å². The summed E-state index contributed by atoms with van der Waals surface area (Å²) in [5.41, 5.74) is 4.08. The fourth-order valence-electron chi connectivity index (χ4n) is 5.72. The first-order valence-corrected chi connectivity index (χ1v) is 18.0. The summed E-state index contributed by atoms with van der Waals surface area (Å²) in [6.07, 6.45) is 6.34. The molecule has 0 amide bonds. The molecule has 251 valence electrons. The predicted molar refractivity (Wildman–Crippen MR) is 196 cm³/mol. The zero-order chi connectivity index (χ0) is 33.4. The Labute approximate surface area is 299 Å². The Morgan fingerprint density at radius 1 is 0.894 bits per heavy atom. The first kappa shape index (κ1) is 36.9. The molecule has 0 unspecified atom stereocenters. The van der Waals surface area contributed by atoms with Gasteiger partial charge in [0.1, 0.15) is 17.7 Å². The molecule has 6 aromatic rings. The van der Waals surface area contributed by atoms with Crippen LogP contribution in [0.15, 0.2) is 63.7 Å². The van der Waals surface area contributed by atoms with Crippen LogP contribution in [0.5, 0.6) is 0 Å². The molecule has 0 aliphatic carbocycles. The first-order valence-electron chi connectivity index (χ1n) is 16.2. The van der Waals surface area contributed by atoms with E-state index in [1.807, 2.05) is 47.6 Å². The summed E-state index contributed by atoms with van der Waals surface area (Å²) in [5.74, 6) is 0.286. The van der Waals surface area contributed by atoms with E-state index in [0.29, 0.717) is 5.71 Å². The van der Waals surface area contributed by atoms with Gasteiger partial charge in [-0.2, -0.15) is 11.3 Å². The van der Waals surface area contributed by atoms with Crippen LogP contribution in [0.2, 0.25) is 0 Å². The maximum Gasteiger partial charge on any atom is 0.223 e. The molecule has 0 saturated carbocycles. The average Bonchev–Trinajstić information content (AvgIpc) is 3.80. The number of benzene rings is 2. The van der Waals surface area contributed by atoms with Gasteiger partial charge in [-0.15, -0.1) is 34.9 Å². The van der Waals surface area contributed by atoms with Gasteiger partial charge < -0.3 is 9.52 Å². The van der Waals surface area contributed by atoms with Crippen molar-refractivity contribution in [1.82, 2.24) is 9.97 Å². The Kier molecular flexibility index (Phi) is 11.2. The Morgan fingerprint density at radius 2 is 1.55 bits per heavy atom. The minimum atomic E-state index is -0.337. The molecule has 4 aromatic heterocycles. The molecule has 0 aliphatic heterocycles. The topological polar surface area (TPSA) is 76.2 Å². The van der Waals surface area contributed by atoms with Gasteiger partial charge in [0.15, 0.2) is 5.78 Å². The minimum Gasteiger partial charge on any atom is -0.512 e. The van der Waals surface area contributed by atoms with Crippen LogP contribution in [0.25, 0.3) is 53.5 Å².